The number of benzene rings is 4. The van der Waals surface area contributed by atoms with Crippen LogP contribution in [0.15, 0.2) is 89.8 Å². The van der Waals surface area contributed by atoms with Crippen LogP contribution in [-0.4, -0.2) is 46.8 Å². The van der Waals surface area contributed by atoms with Gasteiger partial charge >= 0.3 is 5.97 Å². The van der Waals surface area contributed by atoms with Gasteiger partial charge in [-0.3, -0.25) is 9.52 Å². The highest BCUT2D eigenvalue weighted by molar-refractivity contribution is 7.93. The normalized spacial score (nSPS) is 11.2. The van der Waals surface area contributed by atoms with Gasteiger partial charge in [0.15, 0.2) is 0 Å². The summed E-state index contributed by atoms with van der Waals surface area (Å²) in [6, 6.07) is 24.8. The molecule has 9 heteroatoms. The molecule has 0 bridgehead atoms. The molecule has 0 aliphatic carbocycles. The molecule has 0 atom stereocenters. The quantitative estimate of drug-likeness (QED) is 0.241. The van der Waals surface area contributed by atoms with Crippen LogP contribution in [-0.2, 0) is 21.2 Å². The number of aliphatic carboxylic acids is 1. The van der Waals surface area contributed by atoms with Crippen LogP contribution >= 0.6 is 0 Å². The van der Waals surface area contributed by atoms with Crippen molar-refractivity contribution >= 4 is 38.1 Å². The molecular weight excluding hydrogens is 504 g/mol. The number of fused-ring (bicyclic) bond motifs is 1. The molecule has 8 nitrogen and oxygen atoms in total. The SMILES string of the molecule is CN(C)c1cccc2c(S(=O)(=O)Nc3ccc(OCCOc4ccccc4CCC(=O)O)cc3)cccc12. The van der Waals surface area contributed by atoms with Gasteiger partial charge in [0.25, 0.3) is 10.0 Å². The van der Waals surface area contributed by atoms with E-state index >= 15 is 0 Å². The van der Waals surface area contributed by atoms with Gasteiger partial charge in [-0.15, -0.1) is 0 Å². The smallest absolute Gasteiger partial charge is 0.303 e. The van der Waals surface area contributed by atoms with Crippen LogP contribution in [0.3, 0.4) is 0 Å². The minimum atomic E-state index is -3.83. The molecule has 0 heterocycles. The zero-order chi connectivity index (χ0) is 27.1. The molecule has 0 fully saturated rings. The maximum atomic E-state index is 13.2. The third-order valence-corrected chi connectivity index (χ3v) is 7.37. The first-order chi connectivity index (χ1) is 18.2. The van der Waals surface area contributed by atoms with Crippen molar-refractivity contribution in [2.75, 3.05) is 36.9 Å². The van der Waals surface area contributed by atoms with Crippen molar-refractivity contribution in [1.82, 2.24) is 0 Å². The lowest BCUT2D eigenvalue weighted by Gasteiger charge is -2.17. The minimum absolute atomic E-state index is 0.0323. The van der Waals surface area contributed by atoms with E-state index in [2.05, 4.69) is 4.72 Å². The molecule has 38 heavy (non-hydrogen) atoms. The summed E-state index contributed by atoms with van der Waals surface area (Å²) in [5.74, 6) is 0.342. The third kappa shape index (κ3) is 6.54. The third-order valence-electron chi connectivity index (χ3n) is 5.93. The van der Waals surface area contributed by atoms with Crippen molar-refractivity contribution < 1.29 is 27.8 Å². The van der Waals surface area contributed by atoms with E-state index in [0.717, 1.165) is 16.6 Å². The maximum absolute atomic E-state index is 13.2. The molecule has 0 aliphatic rings. The number of anilines is 2. The Bertz CT molecular complexity index is 1520. The average molecular weight is 535 g/mol. The van der Waals surface area contributed by atoms with Gasteiger partial charge in [-0.25, -0.2) is 8.42 Å². The zero-order valence-corrected chi connectivity index (χ0v) is 22.1. The highest BCUT2D eigenvalue weighted by atomic mass is 32.2. The Balaban J connectivity index is 1.37. The first-order valence-electron chi connectivity index (χ1n) is 12.1. The molecule has 198 valence electrons. The van der Waals surface area contributed by atoms with E-state index in [-0.39, 0.29) is 24.5 Å². The highest BCUT2D eigenvalue weighted by Gasteiger charge is 2.19. The number of rotatable bonds is 12. The van der Waals surface area contributed by atoms with Gasteiger partial charge < -0.3 is 19.5 Å². The Morgan fingerprint density at radius 2 is 1.53 bits per heavy atom. The molecule has 0 radical (unpaired) electrons. The molecule has 0 spiro atoms. The number of para-hydroxylation sites is 1. The van der Waals surface area contributed by atoms with Crippen molar-refractivity contribution in [2.24, 2.45) is 0 Å². The van der Waals surface area contributed by atoms with E-state index in [1.165, 1.54) is 0 Å². The van der Waals surface area contributed by atoms with Crippen LogP contribution in [0.25, 0.3) is 10.8 Å². The fraction of sp³-hybridized carbons (Fsp3) is 0.207. The van der Waals surface area contributed by atoms with Crippen molar-refractivity contribution in [2.45, 2.75) is 17.7 Å². The molecule has 4 rings (SSSR count). The van der Waals surface area contributed by atoms with Crippen LogP contribution in [0.2, 0.25) is 0 Å². The fourth-order valence-corrected chi connectivity index (χ4v) is 5.40. The second kappa shape index (κ2) is 11.9. The van der Waals surface area contributed by atoms with E-state index in [9.17, 15) is 13.2 Å². The van der Waals surface area contributed by atoms with Gasteiger partial charge in [-0.2, -0.15) is 0 Å². The Hall–Kier alpha value is -4.24. The summed E-state index contributed by atoms with van der Waals surface area (Å²) >= 11 is 0. The van der Waals surface area contributed by atoms with Gasteiger partial charge in [-0.05, 0) is 54.4 Å². The lowest BCUT2D eigenvalue weighted by atomic mass is 10.1. The lowest BCUT2D eigenvalue weighted by molar-refractivity contribution is -0.136. The number of hydrogen-bond donors (Lipinski definition) is 2. The Labute approximate surface area is 222 Å². The summed E-state index contributed by atoms with van der Waals surface area (Å²) < 4.78 is 40.6. The second-order valence-electron chi connectivity index (χ2n) is 8.85. The van der Waals surface area contributed by atoms with E-state index in [4.69, 9.17) is 14.6 Å². The molecule has 0 saturated carbocycles. The molecule has 4 aromatic carbocycles. The molecule has 2 N–H and O–H groups in total. The van der Waals surface area contributed by atoms with Crippen molar-refractivity contribution in [3.05, 3.63) is 90.5 Å². The van der Waals surface area contributed by atoms with Crippen LogP contribution in [0.5, 0.6) is 11.5 Å². The number of carboxylic acid groups (broad SMARTS) is 1. The van der Waals surface area contributed by atoms with Gasteiger partial charge in [0.05, 0.1) is 4.90 Å². The monoisotopic (exact) mass is 534 g/mol. The van der Waals surface area contributed by atoms with Gasteiger partial charge in [0.2, 0.25) is 0 Å². The van der Waals surface area contributed by atoms with E-state index < -0.39 is 16.0 Å². The largest absolute Gasteiger partial charge is 0.490 e. The summed E-state index contributed by atoms with van der Waals surface area (Å²) in [6.07, 6.45) is 0.421. The number of carbonyl (C=O) groups is 1. The van der Waals surface area contributed by atoms with Crippen LogP contribution < -0.4 is 19.1 Å². The highest BCUT2D eigenvalue weighted by Crippen LogP contribution is 2.31. The number of aryl methyl sites for hydroxylation is 1. The van der Waals surface area contributed by atoms with E-state index in [1.807, 2.05) is 55.4 Å². The predicted molar refractivity (Wildman–Crippen MR) is 149 cm³/mol. The molecule has 0 aromatic heterocycles. The van der Waals surface area contributed by atoms with Gasteiger partial charge in [0.1, 0.15) is 24.7 Å². The Morgan fingerprint density at radius 3 is 2.26 bits per heavy atom. The molecule has 0 aliphatic heterocycles. The van der Waals surface area contributed by atoms with Crippen LogP contribution in [0.1, 0.15) is 12.0 Å². The topological polar surface area (TPSA) is 105 Å². The molecule has 0 amide bonds. The first-order valence-corrected chi connectivity index (χ1v) is 13.6. The second-order valence-corrected chi connectivity index (χ2v) is 10.5. The number of ether oxygens (including phenoxy) is 2. The summed E-state index contributed by atoms with van der Waals surface area (Å²) in [5.41, 5.74) is 2.19. The van der Waals surface area contributed by atoms with E-state index in [0.29, 0.717) is 29.0 Å². The van der Waals surface area contributed by atoms with E-state index in [1.54, 1.807) is 48.5 Å². The number of sulfonamides is 1. The first kappa shape index (κ1) is 26.8. The summed E-state index contributed by atoms with van der Waals surface area (Å²) in [7, 11) is 0.0167. The number of hydrogen-bond acceptors (Lipinski definition) is 6. The van der Waals surface area contributed by atoms with Crippen LogP contribution in [0, 0.1) is 0 Å². The average Bonchev–Trinajstić information content (AvgIpc) is 2.90. The fourth-order valence-electron chi connectivity index (χ4n) is 4.12. The Kier molecular flexibility index (Phi) is 8.38. The molecule has 4 aromatic rings. The predicted octanol–water partition coefficient (Wildman–Crippen LogP) is 5.18. The Morgan fingerprint density at radius 1 is 0.842 bits per heavy atom. The van der Waals surface area contributed by atoms with Crippen molar-refractivity contribution in [1.29, 1.82) is 0 Å². The summed E-state index contributed by atoms with van der Waals surface area (Å²) in [6.45, 7) is 0.539. The van der Waals surface area contributed by atoms with Crippen LogP contribution in [0.4, 0.5) is 11.4 Å². The number of carboxylic acids is 1. The zero-order valence-electron chi connectivity index (χ0n) is 21.3. The molecular formula is C29H30N2O6S. The standard InChI is InChI=1S/C29H30N2O6S/c1-31(2)26-10-5-9-25-24(26)8-6-12-28(25)38(34,35)30-22-14-16-23(17-15-22)36-19-20-37-27-11-4-3-7-21(27)13-18-29(32)33/h3-12,14-17,30H,13,18-20H2,1-2H3,(H,32,33). The summed E-state index contributed by atoms with van der Waals surface area (Å²) in [5, 5.41) is 10.4. The van der Waals surface area contributed by atoms with Crippen molar-refractivity contribution in [3.63, 3.8) is 0 Å². The summed E-state index contributed by atoms with van der Waals surface area (Å²) in [4.78, 5) is 13.0. The molecule has 0 saturated heterocycles. The number of nitrogens with one attached hydrogen (secondary N) is 1. The number of nitrogens with zero attached hydrogens (tertiary/aromatic N) is 1. The maximum Gasteiger partial charge on any atom is 0.303 e. The van der Waals surface area contributed by atoms with Gasteiger partial charge in [-0.1, -0.05) is 42.5 Å². The van der Waals surface area contributed by atoms with Gasteiger partial charge in [0, 0.05) is 42.7 Å². The molecule has 0 unspecified atom stereocenters. The van der Waals surface area contributed by atoms with Crippen molar-refractivity contribution in [3.8, 4) is 11.5 Å². The minimum Gasteiger partial charge on any atom is -0.490 e. The lowest BCUT2D eigenvalue weighted by Crippen LogP contribution is -2.14.